The standard InChI is InChI=1S/C24H25N5O2/c1-17(2)22-12-23(29(27-22)14-18-7-4-3-5-8-18)26-24(30)28-15-21(16-28)31-20-10-6-9-19(11-20)13-25/h3-12,17,21H,14-16H2,1-2H3,(H,26,30). The summed E-state index contributed by atoms with van der Waals surface area (Å²) < 4.78 is 7.71. The summed E-state index contributed by atoms with van der Waals surface area (Å²) >= 11 is 0. The quantitative estimate of drug-likeness (QED) is 0.653. The Morgan fingerprint density at radius 2 is 1.97 bits per heavy atom. The number of hydrogen-bond acceptors (Lipinski definition) is 4. The highest BCUT2D eigenvalue weighted by Gasteiger charge is 2.33. The summed E-state index contributed by atoms with van der Waals surface area (Å²) in [5.74, 6) is 1.59. The molecule has 158 valence electrons. The fraction of sp³-hybridized carbons (Fsp3) is 0.292. The van der Waals surface area contributed by atoms with Gasteiger partial charge in [-0.3, -0.25) is 5.32 Å². The lowest BCUT2D eigenvalue weighted by molar-refractivity contribution is 0.0492. The van der Waals surface area contributed by atoms with Crippen LogP contribution >= 0.6 is 0 Å². The second kappa shape index (κ2) is 8.92. The maximum atomic E-state index is 12.8. The molecule has 0 unspecified atom stereocenters. The van der Waals surface area contributed by atoms with Crippen LogP contribution in [-0.4, -0.2) is 39.9 Å². The van der Waals surface area contributed by atoms with Crippen molar-refractivity contribution in [3.8, 4) is 11.8 Å². The minimum atomic E-state index is -0.171. The maximum absolute atomic E-state index is 12.8. The Bertz CT molecular complexity index is 1090. The number of carbonyl (C=O) groups excluding carboxylic acids is 1. The number of amides is 2. The Balaban J connectivity index is 1.38. The van der Waals surface area contributed by atoms with E-state index in [9.17, 15) is 4.79 Å². The molecule has 2 amide bonds. The van der Waals surface area contributed by atoms with Crippen LogP contribution in [0.1, 0.15) is 36.6 Å². The Kier molecular flexibility index (Phi) is 5.89. The molecular weight excluding hydrogens is 390 g/mol. The van der Waals surface area contributed by atoms with E-state index in [1.165, 1.54) is 0 Å². The topological polar surface area (TPSA) is 83.2 Å². The van der Waals surface area contributed by atoms with Gasteiger partial charge in [-0.2, -0.15) is 10.4 Å². The normalized spacial score (nSPS) is 13.5. The minimum absolute atomic E-state index is 0.0832. The van der Waals surface area contributed by atoms with E-state index < -0.39 is 0 Å². The predicted octanol–water partition coefficient (Wildman–Crippen LogP) is 4.22. The van der Waals surface area contributed by atoms with Crippen LogP contribution in [0.2, 0.25) is 0 Å². The van der Waals surface area contributed by atoms with E-state index in [-0.39, 0.29) is 18.1 Å². The zero-order chi connectivity index (χ0) is 21.8. The van der Waals surface area contributed by atoms with Crippen molar-refractivity contribution < 1.29 is 9.53 Å². The van der Waals surface area contributed by atoms with Gasteiger partial charge in [0.1, 0.15) is 17.7 Å². The van der Waals surface area contributed by atoms with Crippen LogP contribution in [0.3, 0.4) is 0 Å². The van der Waals surface area contributed by atoms with Gasteiger partial charge < -0.3 is 9.64 Å². The number of likely N-dealkylation sites (tertiary alicyclic amines) is 1. The molecule has 3 aromatic rings. The van der Waals surface area contributed by atoms with Gasteiger partial charge in [0, 0.05) is 6.07 Å². The molecule has 0 bridgehead atoms. The smallest absolute Gasteiger partial charge is 0.323 e. The van der Waals surface area contributed by atoms with E-state index >= 15 is 0 Å². The van der Waals surface area contributed by atoms with E-state index in [1.54, 1.807) is 23.1 Å². The fourth-order valence-corrected chi connectivity index (χ4v) is 3.39. The lowest BCUT2D eigenvalue weighted by Gasteiger charge is -2.38. The highest BCUT2D eigenvalue weighted by Crippen LogP contribution is 2.22. The average Bonchev–Trinajstić information content (AvgIpc) is 3.13. The zero-order valence-corrected chi connectivity index (χ0v) is 17.7. The number of nitriles is 1. The van der Waals surface area contributed by atoms with Crippen molar-refractivity contribution in [2.45, 2.75) is 32.4 Å². The molecular formula is C24H25N5O2. The minimum Gasteiger partial charge on any atom is -0.487 e. The number of rotatable bonds is 6. The molecule has 1 fully saturated rings. The molecule has 0 saturated carbocycles. The predicted molar refractivity (Wildman–Crippen MR) is 118 cm³/mol. The number of anilines is 1. The average molecular weight is 415 g/mol. The molecule has 7 nitrogen and oxygen atoms in total. The first kappa shape index (κ1) is 20.5. The molecule has 0 atom stereocenters. The molecule has 0 spiro atoms. The summed E-state index contributed by atoms with van der Waals surface area (Å²) in [5.41, 5.74) is 2.61. The Hall–Kier alpha value is -3.79. The van der Waals surface area contributed by atoms with Crippen molar-refractivity contribution in [2.75, 3.05) is 18.4 Å². The third kappa shape index (κ3) is 4.86. The highest BCUT2D eigenvalue weighted by atomic mass is 16.5. The van der Waals surface area contributed by atoms with Crippen LogP contribution in [0.25, 0.3) is 0 Å². The molecule has 0 radical (unpaired) electrons. The molecule has 7 heteroatoms. The second-order valence-electron chi connectivity index (χ2n) is 7.97. The Morgan fingerprint density at radius 3 is 2.68 bits per heavy atom. The van der Waals surface area contributed by atoms with Gasteiger partial charge in [0.05, 0.1) is 37.0 Å². The van der Waals surface area contributed by atoms with Gasteiger partial charge in [0.15, 0.2) is 0 Å². The van der Waals surface area contributed by atoms with Crippen LogP contribution in [0.4, 0.5) is 10.6 Å². The maximum Gasteiger partial charge on any atom is 0.323 e. The summed E-state index contributed by atoms with van der Waals surface area (Å²) in [6.45, 7) is 5.74. The third-order valence-electron chi connectivity index (χ3n) is 5.20. The third-order valence-corrected chi connectivity index (χ3v) is 5.20. The van der Waals surface area contributed by atoms with Gasteiger partial charge in [-0.25, -0.2) is 9.48 Å². The van der Waals surface area contributed by atoms with E-state index in [2.05, 4.69) is 30.3 Å². The summed E-state index contributed by atoms with van der Waals surface area (Å²) in [6, 6.07) is 21.0. The number of carbonyl (C=O) groups is 1. The lowest BCUT2D eigenvalue weighted by Crippen LogP contribution is -2.57. The Morgan fingerprint density at radius 1 is 1.19 bits per heavy atom. The largest absolute Gasteiger partial charge is 0.487 e. The monoisotopic (exact) mass is 415 g/mol. The summed E-state index contributed by atoms with van der Waals surface area (Å²) in [6.07, 6.45) is -0.0832. The second-order valence-corrected chi connectivity index (χ2v) is 7.97. The molecule has 2 heterocycles. The lowest BCUT2D eigenvalue weighted by atomic mass is 10.1. The first-order valence-corrected chi connectivity index (χ1v) is 10.4. The van der Waals surface area contributed by atoms with Gasteiger partial charge in [0.25, 0.3) is 0 Å². The summed E-state index contributed by atoms with van der Waals surface area (Å²) in [4.78, 5) is 14.5. The number of urea groups is 1. The zero-order valence-electron chi connectivity index (χ0n) is 17.7. The highest BCUT2D eigenvalue weighted by molar-refractivity contribution is 5.89. The molecule has 0 aliphatic carbocycles. The van der Waals surface area contributed by atoms with Crippen molar-refractivity contribution >= 4 is 11.8 Å². The van der Waals surface area contributed by atoms with E-state index in [1.807, 2.05) is 47.1 Å². The molecule has 1 N–H and O–H groups in total. The van der Waals surface area contributed by atoms with Crippen molar-refractivity contribution in [2.24, 2.45) is 0 Å². The SMILES string of the molecule is CC(C)c1cc(NC(=O)N2CC(Oc3cccc(C#N)c3)C2)n(Cc2ccccc2)n1. The number of nitrogens with one attached hydrogen (secondary N) is 1. The van der Waals surface area contributed by atoms with Crippen LogP contribution in [0.15, 0.2) is 60.7 Å². The van der Waals surface area contributed by atoms with Gasteiger partial charge >= 0.3 is 6.03 Å². The Labute approximate surface area is 181 Å². The molecule has 4 rings (SSSR count). The molecule has 1 aliphatic rings. The van der Waals surface area contributed by atoms with Crippen LogP contribution in [0, 0.1) is 11.3 Å². The number of aromatic nitrogens is 2. The first-order chi connectivity index (χ1) is 15.0. The van der Waals surface area contributed by atoms with Gasteiger partial charge in [-0.1, -0.05) is 50.2 Å². The van der Waals surface area contributed by atoms with Crippen molar-refractivity contribution in [3.63, 3.8) is 0 Å². The number of ether oxygens (including phenoxy) is 1. The van der Waals surface area contributed by atoms with Gasteiger partial charge in [0.2, 0.25) is 0 Å². The first-order valence-electron chi connectivity index (χ1n) is 10.4. The number of hydrogen-bond donors (Lipinski definition) is 1. The molecule has 2 aromatic carbocycles. The van der Waals surface area contributed by atoms with Gasteiger partial charge in [-0.05, 0) is 29.7 Å². The van der Waals surface area contributed by atoms with E-state index in [4.69, 9.17) is 10.00 Å². The van der Waals surface area contributed by atoms with Gasteiger partial charge in [-0.15, -0.1) is 0 Å². The molecule has 1 aliphatic heterocycles. The van der Waals surface area contributed by atoms with E-state index in [0.29, 0.717) is 36.8 Å². The number of benzene rings is 2. The molecule has 1 aromatic heterocycles. The van der Waals surface area contributed by atoms with Crippen molar-refractivity contribution in [1.82, 2.24) is 14.7 Å². The van der Waals surface area contributed by atoms with Crippen molar-refractivity contribution in [3.05, 3.63) is 77.5 Å². The summed E-state index contributed by atoms with van der Waals surface area (Å²) in [7, 11) is 0. The molecule has 31 heavy (non-hydrogen) atoms. The van der Waals surface area contributed by atoms with Crippen LogP contribution in [-0.2, 0) is 6.54 Å². The molecule has 1 saturated heterocycles. The van der Waals surface area contributed by atoms with Crippen LogP contribution in [0.5, 0.6) is 5.75 Å². The number of nitrogens with zero attached hydrogens (tertiary/aromatic N) is 4. The summed E-state index contributed by atoms with van der Waals surface area (Å²) in [5, 5.41) is 16.7. The van der Waals surface area contributed by atoms with Crippen LogP contribution < -0.4 is 10.1 Å². The van der Waals surface area contributed by atoms with E-state index in [0.717, 1.165) is 11.3 Å². The van der Waals surface area contributed by atoms with Crippen molar-refractivity contribution in [1.29, 1.82) is 5.26 Å². The fourth-order valence-electron chi connectivity index (χ4n) is 3.39.